The second-order valence-electron chi connectivity index (χ2n) is 3.77. The molecule has 2 N–H and O–H groups in total. The van der Waals surface area contributed by atoms with Crippen LogP contribution in [0, 0.1) is 0 Å². The summed E-state index contributed by atoms with van der Waals surface area (Å²) in [7, 11) is -3.21. The van der Waals surface area contributed by atoms with Crippen LogP contribution in [0.4, 0.5) is 5.13 Å². The van der Waals surface area contributed by atoms with Crippen LogP contribution < -0.4 is 10.0 Å². The maximum atomic E-state index is 11.6. The first-order valence-corrected chi connectivity index (χ1v) is 7.77. The van der Waals surface area contributed by atoms with Gasteiger partial charge in [-0.15, -0.1) is 0 Å². The Balaban J connectivity index is 2.03. The molecule has 1 aromatic rings. The summed E-state index contributed by atoms with van der Waals surface area (Å²) in [5.41, 5.74) is 0.971. The number of rotatable bonds is 5. The predicted octanol–water partition coefficient (Wildman–Crippen LogP) is 1.29. The lowest BCUT2D eigenvalue weighted by Gasteiger charge is -2.03. The largest absolute Gasteiger partial charge is 0.306 e. The van der Waals surface area contributed by atoms with Crippen LogP contribution in [0.25, 0.3) is 0 Å². The quantitative estimate of drug-likeness (QED) is 0.838. The predicted molar refractivity (Wildman–Crippen MR) is 65.0 cm³/mol. The second kappa shape index (κ2) is 4.68. The molecule has 16 heavy (non-hydrogen) atoms. The Hall–Kier alpha value is -0.660. The number of fused-ring (bicyclic) bond motifs is 1. The monoisotopic (exact) mass is 261 g/mol. The topological polar surface area (TPSA) is 71.1 Å². The van der Waals surface area contributed by atoms with Crippen molar-refractivity contribution in [3.8, 4) is 0 Å². The van der Waals surface area contributed by atoms with Crippen molar-refractivity contribution in [3.05, 3.63) is 10.6 Å². The van der Waals surface area contributed by atoms with Gasteiger partial charge in [0.05, 0.1) is 11.4 Å². The third kappa shape index (κ3) is 2.72. The number of thiazole rings is 1. The van der Waals surface area contributed by atoms with Crippen molar-refractivity contribution in [3.63, 3.8) is 0 Å². The molecule has 0 radical (unpaired) electrons. The molecule has 7 heteroatoms. The first-order valence-electron chi connectivity index (χ1n) is 5.30. The van der Waals surface area contributed by atoms with Crippen molar-refractivity contribution >= 4 is 26.5 Å². The summed E-state index contributed by atoms with van der Waals surface area (Å²) >= 11 is 1.42. The van der Waals surface area contributed by atoms with Gasteiger partial charge in [0.25, 0.3) is 0 Å². The van der Waals surface area contributed by atoms with Gasteiger partial charge in [0, 0.05) is 18.0 Å². The lowest BCUT2D eigenvalue weighted by molar-refractivity contribution is 0.598. The van der Waals surface area contributed by atoms with E-state index in [0.717, 1.165) is 30.1 Å². The molecule has 0 aliphatic carbocycles. The summed E-state index contributed by atoms with van der Waals surface area (Å²) in [6.07, 6.45) is 1.56. The third-order valence-electron chi connectivity index (χ3n) is 2.37. The SMILES string of the molecule is CCCCS(=O)(=O)Nc1nc2c(s1)CNC2. The summed E-state index contributed by atoms with van der Waals surface area (Å²) < 4.78 is 25.8. The van der Waals surface area contributed by atoms with Crippen LogP contribution in [0.2, 0.25) is 0 Å². The Morgan fingerprint density at radius 1 is 1.50 bits per heavy atom. The molecule has 2 rings (SSSR count). The molecule has 2 heterocycles. The number of nitrogens with zero attached hydrogens (tertiary/aromatic N) is 1. The van der Waals surface area contributed by atoms with Gasteiger partial charge < -0.3 is 5.32 Å². The van der Waals surface area contributed by atoms with Gasteiger partial charge in [-0.1, -0.05) is 24.7 Å². The zero-order chi connectivity index (χ0) is 11.6. The van der Waals surface area contributed by atoms with E-state index in [0.29, 0.717) is 11.6 Å². The highest BCUT2D eigenvalue weighted by Gasteiger charge is 2.18. The van der Waals surface area contributed by atoms with Gasteiger partial charge in [-0.05, 0) is 6.42 Å². The molecule has 1 aliphatic rings. The molecule has 5 nitrogen and oxygen atoms in total. The van der Waals surface area contributed by atoms with Crippen LogP contribution in [-0.4, -0.2) is 19.2 Å². The van der Waals surface area contributed by atoms with E-state index in [-0.39, 0.29) is 5.75 Å². The Morgan fingerprint density at radius 2 is 2.31 bits per heavy atom. The van der Waals surface area contributed by atoms with E-state index in [2.05, 4.69) is 15.0 Å². The zero-order valence-electron chi connectivity index (χ0n) is 9.12. The molecule has 0 saturated heterocycles. The van der Waals surface area contributed by atoms with Crippen molar-refractivity contribution in [1.82, 2.24) is 10.3 Å². The van der Waals surface area contributed by atoms with Crippen molar-refractivity contribution in [1.29, 1.82) is 0 Å². The lowest BCUT2D eigenvalue weighted by atomic mass is 10.4. The van der Waals surface area contributed by atoms with Gasteiger partial charge in [0.2, 0.25) is 10.0 Å². The number of nitrogens with one attached hydrogen (secondary N) is 2. The van der Waals surface area contributed by atoms with Crippen molar-refractivity contribution < 1.29 is 8.42 Å². The first-order chi connectivity index (χ1) is 7.61. The van der Waals surface area contributed by atoms with Gasteiger partial charge in [0.1, 0.15) is 0 Å². The molecular weight excluding hydrogens is 246 g/mol. The minimum Gasteiger partial charge on any atom is -0.306 e. The van der Waals surface area contributed by atoms with Gasteiger partial charge in [-0.2, -0.15) is 0 Å². The van der Waals surface area contributed by atoms with Crippen LogP contribution >= 0.6 is 11.3 Å². The van der Waals surface area contributed by atoms with Gasteiger partial charge in [-0.25, -0.2) is 13.4 Å². The summed E-state index contributed by atoms with van der Waals surface area (Å²) in [4.78, 5) is 5.38. The smallest absolute Gasteiger partial charge is 0.234 e. The van der Waals surface area contributed by atoms with E-state index < -0.39 is 10.0 Å². The minimum atomic E-state index is -3.21. The minimum absolute atomic E-state index is 0.173. The highest BCUT2D eigenvalue weighted by molar-refractivity contribution is 7.92. The maximum absolute atomic E-state index is 11.6. The van der Waals surface area contributed by atoms with Crippen molar-refractivity contribution in [2.75, 3.05) is 10.5 Å². The Morgan fingerprint density at radius 3 is 3.00 bits per heavy atom. The van der Waals surface area contributed by atoms with Gasteiger partial charge in [-0.3, -0.25) is 4.72 Å². The molecule has 0 saturated carbocycles. The number of anilines is 1. The average Bonchev–Trinajstić information content (AvgIpc) is 2.74. The summed E-state index contributed by atoms with van der Waals surface area (Å²) in [5, 5.41) is 3.67. The second-order valence-corrected chi connectivity index (χ2v) is 6.69. The standard InChI is InChI=1S/C9H15N3O2S2/c1-2-3-4-16(13,14)12-9-11-7-5-10-6-8(7)15-9/h10H,2-6H2,1H3,(H,11,12). The molecule has 0 atom stereocenters. The molecule has 90 valence electrons. The average molecular weight is 261 g/mol. The molecule has 0 fully saturated rings. The highest BCUT2D eigenvalue weighted by Crippen LogP contribution is 2.27. The van der Waals surface area contributed by atoms with E-state index in [1.165, 1.54) is 11.3 Å². The number of aromatic nitrogens is 1. The number of hydrogen-bond acceptors (Lipinski definition) is 5. The Labute approximate surface area is 99.3 Å². The Bertz CT molecular complexity index is 446. The molecule has 1 aromatic heterocycles. The number of sulfonamides is 1. The molecular formula is C9H15N3O2S2. The van der Waals surface area contributed by atoms with E-state index in [1.807, 2.05) is 6.92 Å². The summed E-state index contributed by atoms with van der Waals surface area (Å²) in [5.74, 6) is 0.173. The van der Waals surface area contributed by atoms with Gasteiger partial charge in [0.15, 0.2) is 5.13 Å². The normalized spacial score (nSPS) is 15.1. The van der Waals surface area contributed by atoms with Crippen LogP contribution in [0.5, 0.6) is 0 Å². The van der Waals surface area contributed by atoms with Crippen molar-refractivity contribution in [2.45, 2.75) is 32.9 Å². The Kier molecular flexibility index (Phi) is 3.46. The van der Waals surface area contributed by atoms with Crippen LogP contribution in [0.1, 0.15) is 30.3 Å². The third-order valence-corrected chi connectivity index (χ3v) is 4.84. The van der Waals surface area contributed by atoms with E-state index in [4.69, 9.17) is 0 Å². The fourth-order valence-electron chi connectivity index (χ4n) is 1.52. The lowest BCUT2D eigenvalue weighted by Crippen LogP contribution is -2.16. The fourth-order valence-corrected chi connectivity index (χ4v) is 3.95. The maximum Gasteiger partial charge on any atom is 0.234 e. The molecule has 0 spiro atoms. The molecule has 0 amide bonds. The van der Waals surface area contributed by atoms with Gasteiger partial charge >= 0.3 is 0 Å². The van der Waals surface area contributed by atoms with E-state index in [1.54, 1.807) is 0 Å². The molecule has 1 aliphatic heterocycles. The zero-order valence-corrected chi connectivity index (χ0v) is 10.7. The van der Waals surface area contributed by atoms with Crippen LogP contribution in [0.15, 0.2) is 0 Å². The van der Waals surface area contributed by atoms with Crippen LogP contribution in [0.3, 0.4) is 0 Å². The summed E-state index contributed by atoms with van der Waals surface area (Å²) in [6.45, 7) is 3.51. The fraction of sp³-hybridized carbons (Fsp3) is 0.667. The molecule has 0 aromatic carbocycles. The first kappa shape index (κ1) is 11.8. The molecule has 0 unspecified atom stereocenters. The number of unbranched alkanes of at least 4 members (excludes halogenated alkanes) is 1. The number of hydrogen-bond donors (Lipinski definition) is 2. The highest BCUT2D eigenvalue weighted by atomic mass is 32.2. The van der Waals surface area contributed by atoms with E-state index >= 15 is 0 Å². The molecule has 0 bridgehead atoms. The van der Waals surface area contributed by atoms with Crippen molar-refractivity contribution in [2.24, 2.45) is 0 Å². The summed E-state index contributed by atoms with van der Waals surface area (Å²) in [6, 6.07) is 0. The van der Waals surface area contributed by atoms with Crippen LogP contribution in [-0.2, 0) is 23.1 Å². The van der Waals surface area contributed by atoms with E-state index in [9.17, 15) is 8.42 Å².